The fourth-order valence-electron chi connectivity index (χ4n) is 2.60. The number of hydrogen-bond acceptors (Lipinski definition) is 8. The summed E-state index contributed by atoms with van der Waals surface area (Å²) in [6.45, 7) is 3.92. The maximum absolute atomic E-state index is 12.3. The van der Waals surface area contributed by atoms with Crippen molar-refractivity contribution in [2.75, 3.05) is 44.4 Å². The smallest absolute Gasteiger partial charge is 0.233 e. The third-order valence-electron chi connectivity index (χ3n) is 4.14. The second kappa shape index (κ2) is 9.05. The summed E-state index contributed by atoms with van der Waals surface area (Å²) >= 11 is 2.79. The van der Waals surface area contributed by atoms with E-state index in [1.807, 2.05) is 24.3 Å². The fourth-order valence-corrected chi connectivity index (χ4v) is 4.28. The molecule has 0 bridgehead atoms. The average molecular weight is 408 g/mol. The highest BCUT2D eigenvalue weighted by atomic mass is 32.2. The highest BCUT2D eigenvalue weighted by Gasteiger charge is 2.22. The van der Waals surface area contributed by atoms with Gasteiger partial charge in [-0.1, -0.05) is 23.1 Å². The molecule has 144 valence electrons. The zero-order valence-electron chi connectivity index (χ0n) is 15.2. The number of carbonyl (C=O) groups excluding carboxylic acids is 2. The maximum Gasteiger partial charge on any atom is 0.233 e. The molecule has 27 heavy (non-hydrogen) atoms. The topological polar surface area (TPSA) is 87.7 Å². The number of benzene rings is 1. The molecular formula is C17H21N5O3S2. The molecule has 1 aliphatic heterocycles. The lowest BCUT2D eigenvalue weighted by molar-refractivity contribution is -0.136. The molecule has 8 nitrogen and oxygen atoms in total. The summed E-state index contributed by atoms with van der Waals surface area (Å²) in [6.07, 6.45) is 0. The van der Waals surface area contributed by atoms with E-state index >= 15 is 0 Å². The van der Waals surface area contributed by atoms with Gasteiger partial charge < -0.3 is 19.9 Å². The van der Waals surface area contributed by atoms with Crippen LogP contribution in [0.15, 0.2) is 28.6 Å². The first-order valence-electron chi connectivity index (χ1n) is 8.46. The predicted molar refractivity (Wildman–Crippen MR) is 106 cm³/mol. The van der Waals surface area contributed by atoms with Crippen molar-refractivity contribution in [2.45, 2.75) is 11.3 Å². The summed E-state index contributed by atoms with van der Waals surface area (Å²) in [4.78, 5) is 27.2. The lowest BCUT2D eigenvalue weighted by Crippen LogP contribution is -2.50. The van der Waals surface area contributed by atoms with Gasteiger partial charge in [-0.3, -0.25) is 9.59 Å². The molecule has 0 saturated carbocycles. The van der Waals surface area contributed by atoms with Gasteiger partial charge in [0.2, 0.25) is 16.9 Å². The number of aromatic nitrogens is 2. The molecule has 1 N–H and O–H groups in total. The second-order valence-electron chi connectivity index (χ2n) is 5.90. The molecule has 2 aromatic rings. The highest BCUT2D eigenvalue weighted by molar-refractivity contribution is 8.01. The number of ether oxygens (including phenoxy) is 1. The van der Waals surface area contributed by atoms with E-state index in [2.05, 4.69) is 15.5 Å². The first-order chi connectivity index (χ1) is 13.0. The molecule has 10 heteroatoms. The number of methoxy groups -OCH3 is 1. The van der Waals surface area contributed by atoms with E-state index in [0.717, 1.165) is 15.8 Å². The van der Waals surface area contributed by atoms with Gasteiger partial charge in [0.25, 0.3) is 0 Å². The normalized spacial score (nSPS) is 14.1. The van der Waals surface area contributed by atoms with E-state index in [4.69, 9.17) is 4.74 Å². The lowest BCUT2D eigenvalue weighted by Gasteiger charge is -2.34. The molecule has 2 heterocycles. The Hall–Kier alpha value is -2.33. The zero-order valence-corrected chi connectivity index (χ0v) is 16.8. The predicted octanol–water partition coefficient (Wildman–Crippen LogP) is 2.07. The van der Waals surface area contributed by atoms with Crippen LogP contribution in [0.25, 0.3) is 0 Å². The Balaban J connectivity index is 1.46. The number of hydrogen-bond donors (Lipinski definition) is 1. The fraction of sp³-hybridized carbons (Fsp3) is 0.412. The van der Waals surface area contributed by atoms with Crippen molar-refractivity contribution in [3.05, 3.63) is 24.3 Å². The second-order valence-corrected chi connectivity index (χ2v) is 8.10. The number of piperazine rings is 1. The molecule has 1 aromatic heterocycles. The van der Waals surface area contributed by atoms with Crippen molar-refractivity contribution in [3.8, 4) is 5.75 Å². The SMILES string of the molecule is COc1ccc(Nc2nnc(SCC(=O)N3CCN(C(C)=O)CC3)s2)cc1. The molecule has 1 aliphatic rings. The van der Waals surface area contributed by atoms with Crippen LogP contribution in [0.2, 0.25) is 0 Å². The van der Waals surface area contributed by atoms with Gasteiger partial charge in [0.15, 0.2) is 4.34 Å². The largest absolute Gasteiger partial charge is 0.497 e. The summed E-state index contributed by atoms with van der Waals surface area (Å²) in [6, 6.07) is 7.53. The van der Waals surface area contributed by atoms with E-state index in [1.54, 1.807) is 23.8 Å². The Morgan fingerprint density at radius 2 is 1.81 bits per heavy atom. The van der Waals surface area contributed by atoms with Crippen LogP contribution in [-0.2, 0) is 9.59 Å². The zero-order chi connectivity index (χ0) is 19.2. The average Bonchev–Trinajstić information content (AvgIpc) is 3.14. The standard InChI is InChI=1S/C17H21N5O3S2/c1-12(23)21-7-9-22(10-8-21)15(24)11-26-17-20-19-16(27-17)18-13-3-5-14(25-2)6-4-13/h3-6H,7-11H2,1-2H3,(H,18,19). The number of nitrogens with zero attached hydrogens (tertiary/aromatic N) is 4. The molecule has 2 amide bonds. The van der Waals surface area contributed by atoms with Crippen molar-refractivity contribution in [1.29, 1.82) is 0 Å². The Morgan fingerprint density at radius 1 is 1.15 bits per heavy atom. The van der Waals surface area contributed by atoms with Crippen LogP contribution in [-0.4, -0.2) is 70.9 Å². The van der Waals surface area contributed by atoms with Crippen LogP contribution >= 0.6 is 23.1 Å². The molecule has 3 rings (SSSR count). The molecule has 0 spiro atoms. The van der Waals surface area contributed by atoms with Crippen LogP contribution in [0.1, 0.15) is 6.92 Å². The summed E-state index contributed by atoms with van der Waals surface area (Å²) < 4.78 is 5.87. The molecule has 0 atom stereocenters. The van der Waals surface area contributed by atoms with Crippen molar-refractivity contribution in [1.82, 2.24) is 20.0 Å². The third kappa shape index (κ3) is 5.33. The molecule has 1 fully saturated rings. The van der Waals surface area contributed by atoms with Crippen LogP contribution in [0.5, 0.6) is 5.75 Å². The van der Waals surface area contributed by atoms with E-state index < -0.39 is 0 Å². The van der Waals surface area contributed by atoms with Gasteiger partial charge in [0.05, 0.1) is 12.9 Å². The van der Waals surface area contributed by atoms with Gasteiger partial charge in [-0.05, 0) is 24.3 Å². The number of rotatable bonds is 6. The summed E-state index contributed by atoms with van der Waals surface area (Å²) in [7, 11) is 1.63. The monoisotopic (exact) mass is 407 g/mol. The number of amides is 2. The summed E-state index contributed by atoms with van der Waals surface area (Å²) in [5.74, 6) is 1.22. The van der Waals surface area contributed by atoms with Crippen LogP contribution < -0.4 is 10.1 Å². The van der Waals surface area contributed by atoms with Gasteiger partial charge in [-0.15, -0.1) is 10.2 Å². The van der Waals surface area contributed by atoms with Gasteiger partial charge in [0.1, 0.15) is 5.75 Å². The Bertz CT molecular complexity index is 788. The third-order valence-corrected chi connectivity index (χ3v) is 6.10. The molecule has 0 aliphatic carbocycles. The summed E-state index contributed by atoms with van der Waals surface area (Å²) in [5.41, 5.74) is 0.892. The van der Waals surface area contributed by atoms with Crippen LogP contribution in [0.3, 0.4) is 0 Å². The minimum atomic E-state index is 0.0576. The van der Waals surface area contributed by atoms with Crippen LogP contribution in [0.4, 0.5) is 10.8 Å². The first-order valence-corrected chi connectivity index (χ1v) is 10.3. The Kier molecular flexibility index (Phi) is 6.51. The van der Waals surface area contributed by atoms with E-state index in [9.17, 15) is 9.59 Å². The summed E-state index contributed by atoms with van der Waals surface area (Å²) in [5, 5.41) is 12.1. The van der Waals surface area contributed by atoms with Gasteiger partial charge >= 0.3 is 0 Å². The Morgan fingerprint density at radius 3 is 2.44 bits per heavy atom. The molecule has 0 radical (unpaired) electrons. The van der Waals surface area contributed by atoms with Gasteiger partial charge in [-0.25, -0.2) is 0 Å². The molecule has 1 saturated heterocycles. The minimum absolute atomic E-state index is 0.0576. The van der Waals surface area contributed by atoms with Crippen molar-refractivity contribution in [3.63, 3.8) is 0 Å². The lowest BCUT2D eigenvalue weighted by atomic mass is 10.3. The number of thioether (sulfide) groups is 1. The van der Waals surface area contributed by atoms with Gasteiger partial charge in [0, 0.05) is 38.8 Å². The van der Waals surface area contributed by atoms with Crippen molar-refractivity contribution < 1.29 is 14.3 Å². The number of anilines is 2. The van der Waals surface area contributed by atoms with Crippen molar-refractivity contribution in [2.24, 2.45) is 0 Å². The molecular weight excluding hydrogens is 386 g/mol. The number of carbonyl (C=O) groups is 2. The molecule has 1 aromatic carbocycles. The van der Waals surface area contributed by atoms with E-state index in [1.165, 1.54) is 23.1 Å². The van der Waals surface area contributed by atoms with E-state index in [0.29, 0.717) is 37.1 Å². The Labute approximate surface area is 165 Å². The van der Waals surface area contributed by atoms with Crippen molar-refractivity contribution >= 4 is 45.7 Å². The van der Waals surface area contributed by atoms with E-state index in [-0.39, 0.29) is 11.8 Å². The first kappa shape index (κ1) is 19.4. The highest BCUT2D eigenvalue weighted by Crippen LogP contribution is 2.28. The quantitative estimate of drug-likeness (QED) is 0.734. The minimum Gasteiger partial charge on any atom is -0.497 e. The van der Waals surface area contributed by atoms with Gasteiger partial charge in [-0.2, -0.15) is 0 Å². The van der Waals surface area contributed by atoms with Crippen LogP contribution in [0, 0.1) is 0 Å². The molecule has 0 unspecified atom stereocenters. The number of nitrogens with one attached hydrogen (secondary N) is 1. The maximum atomic E-state index is 12.3.